The van der Waals surface area contributed by atoms with Gasteiger partial charge in [0.25, 0.3) is 0 Å². The molecule has 14 heteroatoms. The normalized spacial score (nSPS) is 19.0. The Balaban J connectivity index is 2.28. The SMILES string of the molecule is CC[C@H](C)[C@@H]([C@@H](CC(=O)N1CCC[C@H]1[C@H](OC)[C@@H](C)C(=O)N[C@@H](Cc1ccccc1)C(=O)O)OC)N(C)C(=O)C(NC(=O)[C@H](C(C)C)N(C)CCN)C(C)C. The summed E-state index contributed by atoms with van der Waals surface area (Å²) in [5.74, 6) is -3.36. The lowest BCUT2D eigenvalue weighted by atomic mass is 9.89. The van der Waals surface area contributed by atoms with Crippen molar-refractivity contribution in [3.8, 4) is 0 Å². The minimum absolute atomic E-state index is 0.0141. The molecule has 1 saturated heterocycles. The van der Waals surface area contributed by atoms with E-state index in [2.05, 4.69) is 10.6 Å². The molecule has 4 amide bonds. The van der Waals surface area contributed by atoms with Crippen molar-refractivity contribution < 1.29 is 38.6 Å². The molecule has 0 saturated carbocycles. The third kappa shape index (κ3) is 13.0. The molecule has 14 nitrogen and oxygen atoms in total. The van der Waals surface area contributed by atoms with Gasteiger partial charge in [-0.1, -0.05) is 85.2 Å². The van der Waals surface area contributed by atoms with Gasteiger partial charge in [-0.15, -0.1) is 0 Å². The first-order valence-electron chi connectivity index (χ1n) is 19.8. The lowest BCUT2D eigenvalue weighted by molar-refractivity contribution is -0.148. The fraction of sp³-hybridized carbons (Fsp3) is 0.732. The van der Waals surface area contributed by atoms with E-state index in [9.17, 15) is 29.1 Å². The molecule has 1 aliphatic heterocycles. The topological polar surface area (TPSA) is 184 Å². The Morgan fingerprint density at radius 1 is 0.945 bits per heavy atom. The van der Waals surface area contributed by atoms with Gasteiger partial charge in [0.05, 0.1) is 42.7 Å². The minimum Gasteiger partial charge on any atom is -0.480 e. The number of carboxylic acids is 1. The zero-order chi connectivity index (χ0) is 41.6. The van der Waals surface area contributed by atoms with Gasteiger partial charge in [0.2, 0.25) is 23.6 Å². The Hall–Kier alpha value is -3.59. The van der Waals surface area contributed by atoms with Gasteiger partial charge >= 0.3 is 5.97 Å². The molecule has 0 aromatic heterocycles. The van der Waals surface area contributed by atoms with E-state index in [1.165, 1.54) is 14.2 Å². The van der Waals surface area contributed by atoms with Crippen molar-refractivity contribution in [3.05, 3.63) is 35.9 Å². The van der Waals surface area contributed by atoms with E-state index in [1.807, 2.05) is 83.8 Å². The highest BCUT2D eigenvalue weighted by Gasteiger charge is 2.43. The second-order valence-corrected chi connectivity index (χ2v) is 15.9. The van der Waals surface area contributed by atoms with Crippen molar-refractivity contribution in [1.82, 2.24) is 25.3 Å². The van der Waals surface area contributed by atoms with E-state index in [4.69, 9.17) is 15.2 Å². The number of benzene rings is 1. The molecule has 55 heavy (non-hydrogen) atoms. The van der Waals surface area contributed by atoms with Crippen molar-refractivity contribution >= 4 is 29.6 Å². The standard InChI is InChI=1S/C41H70N6O8/c1-12-27(6)36(46(9)40(51)34(25(2)3)44-39(50)35(26(4)5)45(8)22-20-42)32(54-10)24-33(48)47-21-16-19-31(47)37(55-11)28(7)38(49)43-30(41(52)53)23-29-17-14-13-15-18-29/h13-15,17-18,25-28,30-32,34-37H,12,16,19-24,42H2,1-11H3,(H,43,49)(H,44,50)(H,52,53)/t27-,28+,30-,31-,32+,34?,35-,36-,37+/m0/s1. The number of rotatable bonds is 23. The Kier molecular flexibility index (Phi) is 19.7. The van der Waals surface area contributed by atoms with Crippen LogP contribution in [0.25, 0.3) is 0 Å². The summed E-state index contributed by atoms with van der Waals surface area (Å²) in [7, 11) is 6.59. The van der Waals surface area contributed by atoms with E-state index in [0.717, 1.165) is 5.56 Å². The van der Waals surface area contributed by atoms with Crippen LogP contribution in [0.15, 0.2) is 30.3 Å². The van der Waals surface area contributed by atoms with Gasteiger partial charge in [0.1, 0.15) is 12.1 Å². The number of likely N-dealkylation sites (tertiary alicyclic amines) is 1. The molecule has 2 rings (SSSR count). The van der Waals surface area contributed by atoms with Crippen molar-refractivity contribution in [2.75, 3.05) is 47.9 Å². The molecule has 1 aromatic rings. The molecule has 0 bridgehead atoms. The molecule has 1 fully saturated rings. The van der Waals surface area contributed by atoms with E-state index < -0.39 is 60.2 Å². The van der Waals surface area contributed by atoms with E-state index in [-0.39, 0.29) is 48.3 Å². The van der Waals surface area contributed by atoms with Crippen LogP contribution >= 0.6 is 0 Å². The van der Waals surface area contributed by atoms with Crippen molar-refractivity contribution in [2.45, 2.75) is 123 Å². The van der Waals surface area contributed by atoms with Crippen molar-refractivity contribution in [1.29, 1.82) is 0 Å². The maximum atomic E-state index is 14.3. The van der Waals surface area contributed by atoms with E-state index in [1.54, 1.807) is 23.8 Å². The number of amides is 4. The van der Waals surface area contributed by atoms with Crippen LogP contribution in [0.4, 0.5) is 0 Å². The predicted molar refractivity (Wildman–Crippen MR) is 213 cm³/mol. The Bertz CT molecular complexity index is 1380. The van der Waals surface area contributed by atoms with Gasteiger partial charge in [-0.25, -0.2) is 4.79 Å². The van der Waals surface area contributed by atoms with Crippen LogP contribution in [0.3, 0.4) is 0 Å². The molecule has 0 spiro atoms. The van der Waals surface area contributed by atoms with Crippen LogP contribution in [0.5, 0.6) is 0 Å². The Morgan fingerprint density at radius 3 is 2.09 bits per heavy atom. The Morgan fingerprint density at radius 2 is 1.58 bits per heavy atom. The minimum atomic E-state index is -1.14. The van der Waals surface area contributed by atoms with Crippen LogP contribution in [-0.4, -0.2) is 140 Å². The number of ether oxygens (including phenoxy) is 2. The highest BCUT2D eigenvalue weighted by atomic mass is 16.5. The smallest absolute Gasteiger partial charge is 0.326 e. The van der Waals surface area contributed by atoms with Crippen molar-refractivity contribution in [2.24, 2.45) is 29.4 Å². The Labute approximate surface area is 329 Å². The van der Waals surface area contributed by atoms with E-state index in [0.29, 0.717) is 38.9 Å². The predicted octanol–water partition coefficient (Wildman–Crippen LogP) is 2.77. The molecule has 312 valence electrons. The quantitative estimate of drug-likeness (QED) is 0.129. The van der Waals surface area contributed by atoms with Crippen molar-refractivity contribution in [3.63, 3.8) is 0 Å². The third-order valence-electron chi connectivity index (χ3n) is 11.2. The highest BCUT2D eigenvalue weighted by Crippen LogP contribution is 2.30. The van der Waals surface area contributed by atoms with Crippen LogP contribution in [0.1, 0.15) is 79.7 Å². The largest absolute Gasteiger partial charge is 0.480 e. The lowest BCUT2D eigenvalue weighted by Crippen LogP contribution is -2.60. The number of nitrogens with two attached hydrogens (primary N) is 1. The van der Waals surface area contributed by atoms with Crippen LogP contribution in [-0.2, 0) is 39.9 Å². The highest BCUT2D eigenvalue weighted by molar-refractivity contribution is 5.90. The number of hydrogen-bond acceptors (Lipinski definition) is 9. The molecule has 0 radical (unpaired) electrons. The van der Waals surface area contributed by atoms with Gasteiger partial charge in [0, 0.05) is 47.3 Å². The van der Waals surface area contributed by atoms with Crippen LogP contribution in [0, 0.1) is 23.7 Å². The van der Waals surface area contributed by atoms with Gasteiger partial charge in [-0.05, 0) is 43.2 Å². The summed E-state index contributed by atoms with van der Waals surface area (Å²) < 4.78 is 11.9. The van der Waals surface area contributed by atoms with Gasteiger partial charge in [-0.2, -0.15) is 0 Å². The number of carbonyl (C=O) groups excluding carboxylic acids is 4. The molecule has 1 unspecified atom stereocenters. The van der Waals surface area contributed by atoms with Crippen LogP contribution < -0.4 is 16.4 Å². The summed E-state index contributed by atoms with van der Waals surface area (Å²) in [5.41, 5.74) is 6.57. The lowest BCUT2D eigenvalue weighted by Gasteiger charge is -2.41. The number of aliphatic carboxylic acids is 1. The number of hydrogen-bond donors (Lipinski definition) is 4. The van der Waals surface area contributed by atoms with Gasteiger partial charge < -0.3 is 40.7 Å². The maximum absolute atomic E-state index is 14.3. The first-order chi connectivity index (χ1) is 25.9. The third-order valence-corrected chi connectivity index (χ3v) is 11.2. The molecular weight excluding hydrogens is 704 g/mol. The molecule has 1 aliphatic rings. The summed E-state index contributed by atoms with van der Waals surface area (Å²) in [5, 5.41) is 15.6. The fourth-order valence-electron chi connectivity index (χ4n) is 7.99. The van der Waals surface area contributed by atoms with E-state index >= 15 is 0 Å². The molecule has 1 heterocycles. The first-order valence-corrected chi connectivity index (χ1v) is 19.8. The molecule has 5 N–H and O–H groups in total. The second-order valence-electron chi connectivity index (χ2n) is 15.9. The summed E-state index contributed by atoms with van der Waals surface area (Å²) in [6, 6.07) is 5.76. The molecule has 0 aliphatic carbocycles. The summed E-state index contributed by atoms with van der Waals surface area (Å²) in [4.78, 5) is 73.0. The number of carbonyl (C=O) groups is 5. The number of carboxylic acid groups (broad SMARTS) is 1. The number of nitrogens with zero attached hydrogens (tertiary/aromatic N) is 3. The summed E-state index contributed by atoms with van der Waals surface area (Å²) in [6.07, 6.45) is 0.759. The number of methoxy groups -OCH3 is 2. The average molecular weight is 775 g/mol. The van der Waals surface area contributed by atoms with Gasteiger partial charge in [-0.3, -0.25) is 24.1 Å². The molecule has 9 atom stereocenters. The molecule has 1 aromatic carbocycles. The summed E-state index contributed by atoms with van der Waals surface area (Å²) in [6.45, 7) is 14.8. The fourth-order valence-corrected chi connectivity index (χ4v) is 7.99. The zero-order valence-corrected chi connectivity index (χ0v) is 35.1. The van der Waals surface area contributed by atoms with Crippen LogP contribution in [0.2, 0.25) is 0 Å². The molecular formula is C41H70N6O8. The van der Waals surface area contributed by atoms with Gasteiger partial charge in [0.15, 0.2) is 0 Å². The average Bonchev–Trinajstić information content (AvgIpc) is 3.63. The second kappa shape index (κ2) is 22.8. The number of likely N-dealkylation sites (N-methyl/N-ethyl adjacent to an activating group) is 2. The zero-order valence-electron chi connectivity index (χ0n) is 35.1. The maximum Gasteiger partial charge on any atom is 0.326 e. The summed E-state index contributed by atoms with van der Waals surface area (Å²) >= 11 is 0. The first kappa shape index (κ1) is 47.6. The number of nitrogens with one attached hydrogen (secondary N) is 2. The monoisotopic (exact) mass is 775 g/mol.